The molecular weight excluding hydrogens is 334 g/mol. The van der Waals surface area contributed by atoms with Crippen LogP contribution in [0.4, 0.5) is 4.79 Å². The van der Waals surface area contributed by atoms with Crippen LogP contribution in [-0.4, -0.2) is 54.9 Å². The molecular formula is C19H27N3O4. The second-order valence-electron chi connectivity index (χ2n) is 6.48. The molecule has 0 unspecified atom stereocenters. The van der Waals surface area contributed by atoms with Gasteiger partial charge < -0.3 is 15.0 Å². The predicted molar refractivity (Wildman–Crippen MR) is 97.8 cm³/mol. The molecule has 2 rings (SSSR count). The van der Waals surface area contributed by atoms with Crippen LogP contribution in [0.15, 0.2) is 24.3 Å². The van der Waals surface area contributed by atoms with Crippen molar-refractivity contribution in [3.8, 4) is 5.75 Å². The number of likely N-dealkylation sites (N-methyl/N-ethyl adjacent to an activating group) is 1. The van der Waals surface area contributed by atoms with E-state index >= 15 is 0 Å². The van der Waals surface area contributed by atoms with Gasteiger partial charge in [0.05, 0.1) is 7.11 Å². The highest BCUT2D eigenvalue weighted by atomic mass is 16.5. The Morgan fingerprint density at radius 3 is 2.42 bits per heavy atom. The Hall–Kier alpha value is -2.57. The van der Waals surface area contributed by atoms with Crippen molar-refractivity contribution in [3.05, 3.63) is 29.8 Å². The number of nitrogens with zero attached hydrogens (tertiary/aromatic N) is 2. The summed E-state index contributed by atoms with van der Waals surface area (Å²) in [6.45, 7) is 4.24. The number of rotatable bonds is 8. The topological polar surface area (TPSA) is 79.0 Å². The van der Waals surface area contributed by atoms with Crippen LogP contribution in [0.2, 0.25) is 0 Å². The first kappa shape index (κ1) is 19.8. The Morgan fingerprint density at radius 1 is 1.23 bits per heavy atom. The highest BCUT2D eigenvalue weighted by Gasteiger charge is 2.51. The summed E-state index contributed by atoms with van der Waals surface area (Å²) in [5, 5.41) is 2.78. The van der Waals surface area contributed by atoms with E-state index in [4.69, 9.17) is 4.74 Å². The number of carbonyl (C=O) groups excluding carboxylic acids is 3. The number of hydrogen-bond donors (Lipinski definition) is 1. The fraction of sp³-hybridized carbons (Fsp3) is 0.526. The van der Waals surface area contributed by atoms with Crippen molar-refractivity contribution in [2.75, 3.05) is 27.2 Å². The second kappa shape index (κ2) is 8.21. The van der Waals surface area contributed by atoms with E-state index in [1.807, 2.05) is 13.8 Å². The summed E-state index contributed by atoms with van der Waals surface area (Å²) < 4.78 is 5.15. The molecule has 1 aliphatic heterocycles. The molecule has 4 amide bonds. The normalized spacial score (nSPS) is 19.5. The van der Waals surface area contributed by atoms with E-state index in [2.05, 4.69) is 5.32 Å². The first-order chi connectivity index (χ1) is 12.4. The van der Waals surface area contributed by atoms with Gasteiger partial charge in [-0.1, -0.05) is 32.4 Å². The maximum atomic E-state index is 13.0. The minimum Gasteiger partial charge on any atom is -0.497 e. The van der Waals surface area contributed by atoms with Gasteiger partial charge in [-0.2, -0.15) is 0 Å². The quantitative estimate of drug-likeness (QED) is 0.719. The number of ether oxygens (including phenoxy) is 1. The van der Waals surface area contributed by atoms with Crippen LogP contribution in [-0.2, 0) is 15.1 Å². The monoisotopic (exact) mass is 361 g/mol. The van der Waals surface area contributed by atoms with Crippen LogP contribution in [0.5, 0.6) is 5.75 Å². The molecule has 0 aliphatic carbocycles. The van der Waals surface area contributed by atoms with Crippen molar-refractivity contribution in [3.63, 3.8) is 0 Å². The summed E-state index contributed by atoms with van der Waals surface area (Å²) in [5.41, 5.74) is -0.473. The number of nitrogens with one attached hydrogen (secondary N) is 1. The minimum atomic E-state index is -1.15. The zero-order valence-electron chi connectivity index (χ0n) is 15.9. The first-order valence-corrected chi connectivity index (χ1v) is 8.92. The van der Waals surface area contributed by atoms with Gasteiger partial charge in [-0.3, -0.25) is 14.5 Å². The summed E-state index contributed by atoms with van der Waals surface area (Å²) in [7, 11) is 3.25. The summed E-state index contributed by atoms with van der Waals surface area (Å²) in [4.78, 5) is 40.4. The van der Waals surface area contributed by atoms with E-state index in [0.29, 0.717) is 24.3 Å². The zero-order valence-corrected chi connectivity index (χ0v) is 15.9. The van der Waals surface area contributed by atoms with Gasteiger partial charge in [0.1, 0.15) is 17.8 Å². The van der Waals surface area contributed by atoms with E-state index in [9.17, 15) is 14.4 Å². The van der Waals surface area contributed by atoms with E-state index in [1.165, 1.54) is 0 Å². The van der Waals surface area contributed by atoms with Crippen LogP contribution in [0.3, 0.4) is 0 Å². The van der Waals surface area contributed by atoms with Crippen LogP contribution in [0.1, 0.15) is 38.7 Å². The highest BCUT2D eigenvalue weighted by molar-refractivity contribution is 6.09. The Labute approximate surface area is 154 Å². The van der Waals surface area contributed by atoms with Gasteiger partial charge in [0.2, 0.25) is 5.91 Å². The van der Waals surface area contributed by atoms with Crippen LogP contribution < -0.4 is 10.1 Å². The van der Waals surface area contributed by atoms with Gasteiger partial charge in [0.25, 0.3) is 5.91 Å². The molecule has 1 saturated heterocycles. The second-order valence-corrected chi connectivity index (χ2v) is 6.48. The summed E-state index contributed by atoms with van der Waals surface area (Å²) >= 11 is 0. The fourth-order valence-electron chi connectivity index (χ4n) is 3.06. The number of benzene rings is 1. The van der Waals surface area contributed by atoms with Crippen molar-refractivity contribution in [2.24, 2.45) is 0 Å². The van der Waals surface area contributed by atoms with Crippen molar-refractivity contribution in [2.45, 2.75) is 38.6 Å². The molecule has 7 nitrogen and oxygen atoms in total. The van der Waals surface area contributed by atoms with Crippen LogP contribution >= 0.6 is 0 Å². The third-order valence-corrected chi connectivity index (χ3v) is 4.86. The largest absolute Gasteiger partial charge is 0.497 e. The zero-order chi connectivity index (χ0) is 19.3. The lowest BCUT2D eigenvalue weighted by Gasteiger charge is -2.26. The number of hydrogen-bond acceptors (Lipinski definition) is 4. The average Bonchev–Trinajstić information content (AvgIpc) is 2.91. The first-order valence-electron chi connectivity index (χ1n) is 8.92. The van der Waals surface area contributed by atoms with E-state index in [-0.39, 0.29) is 12.5 Å². The third kappa shape index (κ3) is 3.66. The van der Waals surface area contributed by atoms with Crippen molar-refractivity contribution in [1.29, 1.82) is 0 Å². The molecule has 26 heavy (non-hydrogen) atoms. The van der Waals surface area contributed by atoms with Crippen molar-refractivity contribution in [1.82, 2.24) is 15.1 Å². The average molecular weight is 361 g/mol. The summed E-state index contributed by atoms with van der Waals surface area (Å²) in [6.07, 6.45) is 2.24. The Bertz CT molecular complexity index is 674. The summed E-state index contributed by atoms with van der Waals surface area (Å²) in [5.74, 6) is 0.0253. The molecule has 1 atom stereocenters. The highest BCUT2D eigenvalue weighted by Crippen LogP contribution is 2.33. The molecule has 0 aromatic heterocycles. The number of amides is 4. The molecule has 1 heterocycles. The molecule has 142 valence electrons. The van der Waals surface area contributed by atoms with E-state index < -0.39 is 17.5 Å². The summed E-state index contributed by atoms with van der Waals surface area (Å²) in [6, 6.07) is 6.49. The molecule has 0 saturated carbocycles. The van der Waals surface area contributed by atoms with Crippen LogP contribution in [0.25, 0.3) is 0 Å². The van der Waals surface area contributed by atoms with Crippen LogP contribution in [0, 0.1) is 0 Å². The lowest BCUT2D eigenvalue weighted by molar-refractivity contribution is -0.138. The number of methoxy groups -OCH3 is 1. The molecule has 1 N–H and O–H groups in total. The van der Waals surface area contributed by atoms with Gasteiger partial charge in [0.15, 0.2) is 0 Å². The predicted octanol–water partition coefficient (Wildman–Crippen LogP) is 2.11. The smallest absolute Gasteiger partial charge is 0.325 e. The molecule has 0 bridgehead atoms. The maximum absolute atomic E-state index is 13.0. The molecule has 0 radical (unpaired) electrons. The SMILES string of the molecule is CCCCN(C)C(=O)CN1C(=O)N[C@@](CC)(c2ccc(OC)cc2)C1=O. The van der Waals surface area contributed by atoms with E-state index in [0.717, 1.165) is 17.7 Å². The van der Waals surface area contributed by atoms with Crippen molar-refractivity contribution < 1.29 is 19.1 Å². The van der Waals surface area contributed by atoms with Gasteiger partial charge >= 0.3 is 6.03 Å². The maximum Gasteiger partial charge on any atom is 0.325 e. The molecule has 1 aromatic carbocycles. The number of imide groups is 1. The lowest BCUT2D eigenvalue weighted by Crippen LogP contribution is -2.45. The van der Waals surface area contributed by atoms with Gasteiger partial charge in [-0.25, -0.2) is 4.79 Å². The third-order valence-electron chi connectivity index (χ3n) is 4.86. The molecule has 1 aromatic rings. The Morgan fingerprint density at radius 2 is 1.88 bits per heavy atom. The Balaban J connectivity index is 2.20. The minimum absolute atomic E-state index is 0.247. The number of urea groups is 1. The lowest BCUT2D eigenvalue weighted by atomic mass is 9.87. The van der Waals surface area contributed by atoms with Gasteiger partial charge in [-0.15, -0.1) is 0 Å². The van der Waals surface area contributed by atoms with Crippen molar-refractivity contribution >= 4 is 17.8 Å². The Kier molecular flexibility index (Phi) is 6.23. The number of unbranched alkanes of at least 4 members (excludes halogenated alkanes) is 1. The molecule has 7 heteroatoms. The number of carbonyl (C=O) groups is 3. The fourth-order valence-corrected chi connectivity index (χ4v) is 3.06. The molecule has 0 spiro atoms. The van der Waals surface area contributed by atoms with Gasteiger partial charge in [0, 0.05) is 13.6 Å². The standard InChI is InChI=1S/C19H27N3O4/c1-5-7-12-21(3)16(23)13-22-17(24)19(6-2,20-18(22)25)14-8-10-15(26-4)11-9-14/h8-11H,5-7,12-13H2,1-4H3,(H,20,25)/t19-/m0/s1. The van der Waals surface area contributed by atoms with Gasteiger partial charge in [-0.05, 0) is 30.5 Å². The molecule has 1 fully saturated rings. The van der Waals surface area contributed by atoms with E-state index in [1.54, 1.807) is 43.3 Å². The molecule has 1 aliphatic rings.